The van der Waals surface area contributed by atoms with Crippen LogP contribution in [0.4, 0.5) is 0 Å². The summed E-state index contributed by atoms with van der Waals surface area (Å²) in [5.74, 6) is 0. The summed E-state index contributed by atoms with van der Waals surface area (Å²) in [5, 5.41) is 12.9. The summed E-state index contributed by atoms with van der Waals surface area (Å²) < 4.78 is 0. The molecular formula is C17H20OSi. The number of aliphatic hydroxyl groups excluding tert-OH is 1. The lowest BCUT2D eigenvalue weighted by atomic mass is 10.2. The molecule has 0 radical (unpaired) electrons. The summed E-state index contributed by atoms with van der Waals surface area (Å²) in [6.45, 7) is 0. The third kappa shape index (κ3) is 2.38. The lowest BCUT2D eigenvalue weighted by molar-refractivity contribution is 0.160. The Bertz CT molecular complexity index is 474. The van der Waals surface area contributed by atoms with Gasteiger partial charge in [-0.25, -0.2) is 0 Å². The van der Waals surface area contributed by atoms with Gasteiger partial charge in [0.2, 0.25) is 0 Å². The zero-order chi connectivity index (χ0) is 13.1. The third-order valence-electron chi connectivity index (χ3n) is 4.46. The third-order valence-corrected chi connectivity index (χ3v) is 9.62. The molecule has 1 aliphatic rings. The van der Waals surface area contributed by atoms with Crippen LogP contribution in [-0.2, 0) is 0 Å². The van der Waals surface area contributed by atoms with Crippen molar-refractivity contribution >= 4 is 18.4 Å². The number of hydrogen-bond donors (Lipinski definition) is 1. The Hall–Kier alpha value is -1.38. The molecule has 98 valence electrons. The van der Waals surface area contributed by atoms with Gasteiger partial charge in [-0.2, -0.15) is 0 Å². The molecule has 0 spiro atoms. The SMILES string of the molecule is OC1CC[Si](c2ccccc2)(c2ccccc2)CC1. The summed E-state index contributed by atoms with van der Waals surface area (Å²) in [6.07, 6.45) is 1.82. The number of benzene rings is 2. The average Bonchev–Trinajstić information content (AvgIpc) is 2.50. The molecule has 3 rings (SSSR count). The molecule has 19 heavy (non-hydrogen) atoms. The van der Waals surface area contributed by atoms with E-state index in [0.29, 0.717) is 0 Å². The van der Waals surface area contributed by atoms with E-state index in [0.717, 1.165) is 12.8 Å². The lowest BCUT2D eigenvalue weighted by Crippen LogP contribution is -2.60. The molecule has 2 aromatic rings. The first-order valence-electron chi connectivity index (χ1n) is 7.10. The Morgan fingerprint density at radius 3 is 1.58 bits per heavy atom. The van der Waals surface area contributed by atoms with Gasteiger partial charge < -0.3 is 5.11 Å². The van der Waals surface area contributed by atoms with E-state index >= 15 is 0 Å². The largest absolute Gasteiger partial charge is 0.393 e. The fraction of sp³-hybridized carbons (Fsp3) is 0.294. The second kappa shape index (κ2) is 5.31. The van der Waals surface area contributed by atoms with Crippen LogP contribution < -0.4 is 10.4 Å². The number of hydrogen-bond acceptors (Lipinski definition) is 1. The maximum absolute atomic E-state index is 9.86. The van der Waals surface area contributed by atoms with Gasteiger partial charge in [0, 0.05) is 0 Å². The molecule has 1 nitrogen and oxygen atoms in total. The molecule has 1 fully saturated rings. The summed E-state index contributed by atoms with van der Waals surface area (Å²) in [6, 6.07) is 24.3. The Balaban J connectivity index is 2.06. The van der Waals surface area contributed by atoms with Crippen molar-refractivity contribution in [3.8, 4) is 0 Å². The Morgan fingerprint density at radius 2 is 1.16 bits per heavy atom. The van der Waals surface area contributed by atoms with E-state index in [9.17, 15) is 5.11 Å². The highest BCUT2D eigenvalue weighted by molar-refractivity contribution is 7.02. The van der Waals surface area contributed by atoms with Crippen molar-refractivity contribution < 1.29 is 5.11 Å². The quantitative estimate of drug-likeness (QED) is 0.829. The van der Waals surface area contributed by atoms with Gasteiger partial charge in [0.15, 0.2) is 0 Å². The summed E-state index contributed by atoms with van der Waals surface area (Å²) >= 11 is 0. The predicted molar refractivity (Wildman–Crippen MR) is 82.8 cm³/mol. The maximum Gasteiger partial charge on any atom is 0.118 e. The number of rotatable bonds is 2. The molecule has 0 aliphatic carbocycles. The minimum atomic E-state index is -1.64. The topological polar surface area (TPSA) is 20.2 Å². The molecule has 1 aliphatic heterocycles. The van der Waals surface area contributed by atoms with Crippen LogP contribution in [-0.4, -0.2) is 19.3 Å². The first kappa shape index (κ1) is 12.6. The molecule has 0 saturated carbocycles. The molecule has 2 heteroatoms. The number of aliphatic hydroxyl groups is 1. The second-order valence-corrected chi connectivity index (χ2v) is 9.86. The van der Waals surface area contributed by atoms with Gasteiger partial charge in [-0.3, -0.25) is 0 Å². The molecule has 0 amide bonds. The molecule has 2 aromatic carbocycles. The van der Waals surface area contributed by atoms with Gasteiger partial charge in [-0.05, 0) is 24.9 Å². The van der Waals surface area contributed by atoms with Crippen LogP contribution >= 0.6 is 0 Å². The van der Waals surface area contributed by atoms with Gasteiger partial charge in [0.1, 0.15) is 8.07 Å². The smallest absolute Gasteiger partial charge is 0.118 e. The normalized spacial score (nSPS) is 19.2. The van der Waals surface area contributed by atoms with Crippen molar-refractivity contribution in [1.29, 1.82) is 0 Å². The molecule has 1 saturated heterocycles. The summed E-state index contributed by atoms with van der Waals surface area (Å²) in [7, 11) is -1.64. The van der Waals surface area contributed by atoms with E-state index in [-0.39, 0.29) is 6.10 Å². The van der Waals surface area contributed by atoms with Gasteiger partial charge in [0.05, 0.1) is 6.10 Å². The molecular weight excluding hydrogens is 248 g/mol. The summed E-state index contributed by atoms with van der Waals surface area (Å²) in [4.78, 5) is 0. The zero-order valence-corrected chi connectivity index (χ0v) is 12.1. The highest BCUT2D eigenvalue weighted by Crippen LogP contribution is 2.28. The van der Waals surface area contributed by atoms with E-state index in [1.165, 1.54) is 22.5 Å². The monoisotopic (exact) mass is 268 g/mol. The highest BCUT2D eigenvalue weighted by Gasteiger charge is 2.40. The fourth-order valence-electron chi connectivity index (χ4n) is 3.35. The zero-order valence-electron chi connectivity index (χ0n) is 11.1. The molecule has 0 unspecified atom stereocenters. The summed E-state index contributed by atoms with van der Waals surface area (Å²) in [5.41, 5.74) is 0. The van der Waals surface area contributed by atoms with Crippen molar-refractivity contribution in [2.24, 2.45) is 0 Å². The van der Waals surface area contributed by atoms with E-state index in [4.69, 9.17) is 0 Å². The highest BCUT2D eigenvalue weighted by atomic mass is 28.3. The molecule has 0 aromatic heterocycles. The van der Waals surface area contributed by atoms with E-state index in [1.54, 1.807) is 0 Å². The van der Waals surface area contributed by atoms with Crippen LogP contribution in [0.2, 0.25) is 12.1 Å². The van der Waals surface area contributed by atoms with Crippen LogP contribution in [0.5, 0.6) is 0 Å². The van der Waals surface area contributed by atoms with Crippen LogP contribution in [0.15, 0.2) is 60.7 Å². The molecule has 0 bridgehead atoms. The van der Waals surface area contributed by atoms with Crippen molar-refractivity contribution in [1.82, 2.24) is 0 Å². The molecule has 0 atom stereocenters. The van der Waals surface area contributed by atoms with Crippen LogP contribution in [0, 0.1) is 0 Å². The van der Waals surface area contributed by atoms with Crippen molar-refractivity contribution in [3.05, 3.63) is 60.7 Å². The second-order valence-electron chi connectivity index (χ2n) is 5.55. The van der Waals surface area contributed by atoms with Crippen molar-refractivity contribution in [3.63, 3.8) is 0 Å². The van der Waals surface area contributed by atoms with Gasteiger partial charge in [0.25, 0.3) is 0 Å². The van der Waals surface area contributed by atoms with Gasteiger partial charge >= 0.3 is 0 Å². The fourth-order valence-corrected chi connectivity index (χ4v) is 8.40. The minimum absolute atomic E-state index is 0.0898. The average molecular weight is 268 g/mol. The lowest BCUT2D eigenvalue weighted by Gasteiger charge is -2.38. The maximum atomic E-state index is 9.86. The minimum Gasteiger partial charge on any atom is -0.393 e. The first-order valence-corrected chi connectivity index (χ1v) is 9.52. The van der Waals surface area contributed by atoms with Crippen molar-refractivity contribution in [2.45, 2.75) is 31.0 Å². The van der Waals surface area contributed by atoms with E-state index in [2.05, 4.69) is 60.7 Å². The van der Waals surface area contributed by atoms with E-state index in [1.807, 2.05) is 0 Å². The first-order chi connectivity index (χ1) is 9.31. The van der Waals surface area contributed by atoms with E-state index < -0.39 is 8.07 Å². The van der Waals surface area contributed by atoms with Crippen LogP contribution in [0.3, 0.4) is 0 Å². The van der Waals surface area contributed by atoms with Crippen molar-refractivity contribution in [2.75, 3.05) is 0 Å². The van der Waals surface area contributed by atoms with Crippen LogP contribution in [0.1, 0.15) is 12.8 Å². The molecule has 1 N–H and O–H groups in total. The Labute approximate surface area is 115 Å². The van der Waals surface area contributed by atoms with Gasteiger partial charge in [-0.1, -0.05) is 71.0 Å². The van der Waals surface area contributed by atoms with Gasteiger partial charge in [-0.15, -0.1) is 0 Å². The Morgan fingerprint density at radius 1 is 0.737 bits per heavy atom. The molecule has 1 heterocycles. The van der Waals surface area contributed by atoms with Crippen LogP contribution in [0.25, 0.3) is 0 Å². The predicted octanol–water partition coefficient (Wildman–Crippen LogP) is 2.40. The Kier molecular flexibility index (Phi) is 3.54. The standard InChI is InChI=1S/C17H20OSi/c18-15-11-13-19(14-12-15,16-7-3-1-4-8-16)17-9-5-2-6-10-17/h1-10,15,18H,11-14H2.